The molecule has 29 nitrogen and oxygen atoms in total. The summed E-state index contributed by atoms with van der Waals surface area (Å²) in [6.45, 7) is 16.2. The first-order valence-corrected chi connectivity index (χ1v) is 35.5. The van der Waals surface area contributed by atoms with Gasteiger partial charge < -0.3 is 64.7 Å². The maximum Gasteiger partial charge on any atom is 0.354 e. The predicted molar refractivity (Wildman–Crippen MR) is 381 cm³/mol. The van der Waals surface area contributed by atoms with E-state index >= 15 is 0 Å². The van der Waals surface area contributed by atoms with E-state index in [1.807, 2.05) is 59.5 Å². The molecule has 0 unspecified atom stereocenters. The maximum absolute atomic E-state index is 13.5. The number of aryl methyl sites for hydroxylation is 3. The van der Waals surface area contributed by atoms with E-state index in [4.69, 9.17) is 34.7 Å². The number of likely N-dealkylation sites (tertiary alicyclic amines) is 1. The Bertz CT molecular complexity index is 4900. The molecule has 0 bridgehead atoms. The van der Waals surface area contributed by atoms with Crippen LogP contribution in [0.5, 0.6) is 0 Å². The average Bonchev–Trinajstić information content (AvgIpc) is 0.904. The molecule has 6 aliphatic heterocycles. The van der Waals surface area contributed by atoms with Gasteiger partial charge in [-0.25, -0.2) is 47.9 Å². The number of carboxylic acids is 1. The van der Waals surface area contributed by atoms with Gasteiger partial charge in [0, 0.05) is 164 Å². The molecule has 10 aromatic rings. The number of aromatic nitrogens is 11. The van der Waals surface area contributed by atoms with Crippen LogP contribution in [0.3, 0.4) is 0 Å². The number of carboxylic acid groups (broad SMARTS) is 1. The summed E-state index contributed by atoms with van der Waals surface area (Å²) in [7, 11) is 3.83. The predicted octanol–water partition coefficient (Wildman–Crippen LogP) is 9.04. The summed E-state index contributed by atoms with van der Waals surface area (Å²) in [5.41, 5.74) is 3.85. The number of nitriles is 2. The van der Waals surface area contributed by atoms with Crippen molar-refractivity contribution in [3.05, 3.63) is 121 Å². The highest BCUT2D eigenvalue weighted by atomic mass is 79.9. The van der Waals surface area contributed by atoms with E-state index in [0.717, 1.165) is 73.1 Å². The molecular weight excluding hydrogens is 1420 g/mol. The molecule has 6 saturated heterocycles. The molecule has 6 fully saturated rings. The number of hydrogen-bond acceptors (Lipinski definition) is 25. The van der Waals surface area contributed by atoms with Crippen LogP contribution < -0.4 is 24.9 Å². The van der Waals surface area contributed by atoms with Crippen LogP contribution in [0.1, 0.15) is 56.2 Å². The molecule has 0 radical (unpaired) electrons. The number of benzene rings is 2. The van der Waals surface area contributed by atoms with Crippen LogP contribution in [0.25, 0.3) is 55.6 Å². The molecule has 1 amide bonds. The first kappa shape index (κ1) is 70.6. The molecular formula is C68H71BrF2N20O9S2. The molecule has 102 heavy (non-hydrogen) atoms. The number of hydrogen-bond donors (Lipinski definition) is 4. The smallest absolute Gasteiger partial charge is 0.354 e. The number of amides is 1. The molecule has 8 aromatic heterocycles. The van der Waals surface area contributed by atoms with Crippen LogP contribution in [-0.4, -0.2) is 195 Å². The van der Waals surface area contributed by atoms with Crippen LogP contribution >= 0.6 is 38.6 Å². The number of anilines is 6. The van der Waals surface area contributed by atoms with Gasteiger partial charge in [-0.05, 0) is 108 Å². The maximum atomic E-state index is 13.5. The van der Waals surface area contributed by atoms with Crippen LogP contribution in [0.2, 0.25) is 0 Å². The second kappa shape index (κ2) is 28.6. The third-order valence-electron chi connectivity index (χ3n) is 19.2. The Morgan fingerprint density at radius 3 is 1.47 bits per heavy atom. The molecule has 0 aliphatic carbocycles. The molecule has 14 heterocycles. The highest BCUT2D eigenvalue weighted by molar-refractivity contribution is 9.10. The number of nitrogens with zero attached hydrogens (tertiary/aromatic N) is 19. The fourth-order valence-corrected chi connectivity index (χ4v) is 15.6. The Morgan fingerprint density at radius 2 is 1.07 bits per heavy atom. The third-order valence-corrected chi connectivity index (χ3v) is 21.7. The van der Waals surface area contributed by atoms with E-state index in [0.29, 0.717) is 147 Å². The number of rotatable bonds is 14. The fourth-order valence-electron chi connectivity index (χ4n) is 13.6. The van der Waals surface area contributed by atoms with Gasteiger partial charge in [0.25, 0.3) is 5.91 Å². The number of carbonyl (C=O) groups is 2. The van der Waals surface area contributed by atoms with Gasteiger partial charge in [0.1, 0.15) is 74.1 Å². The summed E-state index contributed by atoms with van der Waals surface area (Å²) in [6, 6.07) is 22.4. The lowest BCUT2D eigenvalue weighted by Gasteiger charge is -2.61. The Hall–Kier alpha value is -9.78. The van der Waals surface area contributed by atoms with Crippen LogP contribution in [0, 0.1) is 55.2 Å². The second-order valence-corrected chi connectivity index (χ2v) is 29.0. The summed E-state index contributed by atoms with van der Waals surface area (Å²) >= 11 is 5.81. The van der Waals surface area contributed by atoms with Crippen molar-refractivity contribution in [2.75, 3.05) is 112 Å². The number of aliphatic carboxylic acids is 1. The van der Waals surface area contributed by atoms with E-state index < -0.39 is 22.1 Å². The number of nitro groups is 1. The van der Waals surface area contributed by atoms with Crippen molar-refractivity contribution in [3.63, 3.8) is 0 Å². The van der Waals surface area contributed by atoms with Gasteiger partial charge in [-0.3, -0.25) is 4.79 Å². The minimum Gasteiger partial charge on any atom is -0.479 e. The molecule has 2 aromatic carbocycles. The molecule has 16 rings (SSSR count). The standard InChI is InChI=1S/C30H31FN8O3S.C24H23FN8S.C8H7BrN4O2.C6H10O4/c1-3-39-26(36(2)28-34-24(23(13-32)43-28)19-4-6-20(31)7-5-19)22-12-21(14-33-25(22)35-39)37-15-29(16-37)17-38(18-29)27(40)30(41)8-10-42-11-9-30;1-3-33-22(18-8-17(10-28-21(18)30-33)32-13-24(14-32)11-27-12-24)31(2)23-29-20(19(9-26)34-23)15-4-6-16(25)7-5-15;1-2-12-8(13(14)15)6-3-5(9)4-10-7(6)11-12;7-5(8)6(9)1-3-10-4-2-6/h4-7,12,14,41H,3,8-11,15-18H2,1-2H3;4-8,10,27H,3,11-14H2,1-2H3;3-4H,2H2,1H3;9H,1-4H2,(H,7,8). The van der Waals surface area contributed by atoms with Gasteiger partial charge in [0.2, 0.25) is 5.65 Å². The van der Waals surface area contributed by atoms with Crippen molar-refractivity contribution in [1.29, 1.82) is 10.5 Å². The Morgan fingerprint density at radius 1 is 0.647 bits per heavy atom. The number of ether oxygens (including phenoxy) is 2. The lowest BCUT2D eigenvalue weighted by atomic mass is 9.71. The third kappa shape index (κ3) is 13.7. The number of fused-ring (bicyclic) bond motifs is 3. The molecule has 34 heteroatoms. The van der Waals surface area contributed by atoms with Crippen molar-refractivity contribution in [2.24, 2.45) is 10.8 Å². The minimum atomic E-state index is -1.53. The number of thiazole rings is 2. The lowest BCUT2D eigenvalue weighted by molar-refractivity contribution is -0.390. The molecule has 6 aliphatic rings. The zero-order valence-electron chi connectivity index (χ0n) is 56.3. The topological polar surface area (TPSA) is 350 Å². The Labute approximate surface area is 599 Å². The van der Waals surface area contributed by atoms with Gasteiger partial charge >= 0.3 is 11.8 Å². The molecule has 2 spiro atoms. The highest BCUT2D eigenvalue weighted by Gasteiger charge is 2.56. The quantitative estimate of drug-likeness (QED) is 0.0582. The zero-order valence-corrected chi connectivity index (χ0v) is 59.5. The summed E-state index contributed by atoms with van der Waals surface area (Å²) in [5.74, 6) is -0.296. The van der Waals surface area contributed by atoms with Crippen LogP contribution in [-0.2, 0) is 38.7 Å². The Balaban J connectivity index is 0.000000138. The normalized spacial score (nSPS) is 17.3. The van der Waals surface area contributed by atoms with Crippen LogP contribution in [0.4, 0.5) is 47.9 Å². The van der Waals surface area contributed by atoms with Crippen molar-refractivity contribution in [1.82, 2.24) is 64.5 Å². The number of halogens is 3. The van der Waals surface area contributed by atoms with Crippen molar-refractivity contribution in [2.45, 2.75) is 77.3 Å². The van der Waals surface area contributed by atoms with Gasteiger partial charge in [-0.1, -0.05) is 27.8 Å². The summed E-state index contributed by atoms with van der Waals surface area (Å²) in [4.78, 5) is 67.9. The molecule has 0 saturated carbocycles. The monoisotopic (exact) mass is 1490 g/mol. The number of carbonyl (C=O) groups excluding carboxylic acids is 1. The largest absolute Gasteiger partial charge is 0.479 e. The van der Waals surface area contributed by atoms with E-state index in [1.165, 1.54) is 51.6 Å². The van der Waals surface area contributed by atoms with Gasteiger partial charge in [-0.2, -0.15) is 20.7 Å². The molecule has 4 N–H and O–H groups in total. The average molecular weight is 1490 g/mol. The Kier molecular flexibility index (Phi) is 19.8. The van der Waals surface area contributed by atoms with Crippen molar-refractivity contribution in [3.8, 4) is 34.7 Å². The summed E-state index contributed by atoms with van der Waals surface area (Å²) in [6.07, 6.45) is 6.40. The number of nitrogens with one attached hydrogen (secondary N) is 1. The van der Waals surface area contributed by atoms with E-state index in [2.05, 4.69) is 75.4 Å². The first-order valence-electron chi connectivity index (χ1n) is 33.1. The van der Waals surface area contributed by atoms with Crippen molar-refractivity contribution < 1.29 is 48.1 Å². The summed E-state index contributed by atoms with van der Waals surface area (Å²) < 4.78 is 43.0. The minimum absolute atomic E-state index is 0.0127. The summed E-state index contributed by atoms with van der Waals surface area (Å²) in [5, 5.41) is 79.4. The van der Waals surface area contributed by atoms with E-state index in [1.54, 1.807) is 48.4 Å². The van der Waals surface area contributed by atoms with Gasteiger partial charge in [-0.15, -0.1) is 4.68 Å². The zero-order chi connectivity index (χ0) is 72.0. The molecule has 0 atom stereocenters. The van der Waals surface area contributed by atoms with Gasteiger partial charge in [0.05, 0.1) is 34.5 Å². The second-order valence-electron chi connectivity index (χ2n) is 26.1. The first-order chi connectivity index (χ1) is 49.0. The van der Waals surface area contributed by atoms with Gasteiger partial charge in [0.15, 0.2) is 27.2 Å². The fraction of sp³-hybridized carbons (Fsp3) is 0.412. The van der Waals surface area contributed by atoms with E-state index in [9.17, 15) is 49.2 Å². The van der Waals surface area contributed by atoms with Crippen molar-refractivity contribution >= 4 is 123 Å². The lowest BCUT2D eigenvalue weighted by Crippen LogP contribution is -2.75. The molecule has 530 valence electrons. The van der Waals surface area contributed by atoms with Crippen LogP contribution in [0.15, 0.2) is 89.8 Å². The highest BCUT2D eigenvalue weighted by Crippen LogP contribution is 2.46. The number of pyridine rings is 3. The SMILES string of the molecule is CCn1nc2ncc(Br)cc2c1[N+](=O)[O-].CCn1nc2ncc(N3CC4(CN(C(=O)C5(O)CCOCC5)C4)C3)cc2c1N(C)c1nc(-c2ccc(F)cc2)c(C#N)s1.CCn1nc2ncc(N3CC4(CNC4)C3)cc2c1N(C)c1nc(-c2ccc(F)cc2)c(C#N)s1.O=C(O)C1(O)CCOCC1. The van der Waals surface area contributed by atoms with E-state index in [-0.39, 0.29) is 41.6 Å². The number of aliphatic hydroxyl groups is 2.